The second-order valence-electron chi connectivity index (χ2n) is 4.36. The van der Waals surface area contributed by atoms with Crippen molar-refractivity contribution in [1.29, 1.82) is 0 Å². The van der Waals surface area contributed by atoms with Crippen LogP contribution in [0.4, 0.5) is 5.69 Å². The highest BCUT2D eigenvalue weighted by molar-refractivity contribution is 9.10. The molecule has 0 aliphatic carbocycles. The molecule has 0 spiro atoms. The number of aliphatic hydroxyl groups excluding tert-OH is 1. The van der Waals surface area contributed by atoms with Gasteiger partial charge in [-0.25, -0.2) is 4.68 Å². The van der Waals surface area contributed by atoms with Gasteiger partial charge in [0.2, 0.25) is 0 Å². The van der Waals surface area contributed by atoms with Crippen LogP contribution < -0.4 is 10.9 Å². The van der Waals surface area contributed by atoms with Gasteiger partial charge in [0.15, 0.2) is 0 Å². The minimum absolute atomic E-state index is 0.124. The third kappa shape index (κ3) is 2.91. The Morgan fingerprint density at radius 3 is 2.75 bits per heavy atom. The minimum atomic E-state index is -0.271. The topological polar surface area (TPSA) is 85.0 Å². The standard InChI is InChI=1S/C12H16BrN5O2/c1-8-9(6-15-17(8)2)5-14-10-7-16-18(3-4-19)12(20)11(10)13/h6-7,14,19H,3-5H2,1-2H3. The quantitative estimate of drug-likeness (QED) is 0.834. The smallest absolute Gasteiger partial charge is 0.283 e. The zero-order valence-electron chi connectivity index (χ0n) is 11.3. The van der Waals surface area contributed by atoms with E-state index in [1.165, 1.54) is 4.68 Å². The molecule has 0 amide bonds. The van der Waals surface area contributed by atoms with Crippen molar-refractivity contribution in [3.05, 3.63) is 38.5 Å². The van der Waals surface area contributed by atoms with Gasteiger partial charge in [0.25, 0.3) is 5.56 Å². The highest BCUT2D eigenvalue weighted by Crippen LogP contribution is 2.17. The van der Waals surface area contributed by atoms with Gasteiger partial charge in [-0.2, -0.15) is 10.2 Å². The molecule has 0 saturated heterocycles. The summed E-state index contributed by atoms with van der Waals surface area (Å²) in [5, 5.41) is 20.2. The molecule has 7 nitrogen and oxygen atoms in total. The molecule has 0 unspecified atom stereocenters. The summed E-state index contributed by atoms with van der Waals surface area (Å²) in [6.45, 7) is 2.60. The summed E-state index contributed by atoms with van der Waals surface area (Å²) in [4.78, 5) is 11.9. The average Bonchev–Trinajstić information content (AvgIpc) is 2.75. The van der Waals surface area contributed by atoms with Crippen LogP contribution in [-0.2, 0) is 20.1 Å². The molecule has 0 saturated carbocycles. The Bertz CT molecular complexity index is 664. The van der Waals surface area contributed by atoms with E-state index < -0.39 is 0 Å². The van der Waals surface area contributed by atoms with Gasteiger partial charge in [0.05, 0.1) is 31.2 Å². The van der Waals surface area contributed by atoms with Crippen LogP contribution in [0.3, 0.4) is 0 Å². The molecule has 20 heavy (non-hydrogen) atoms. The summed E-state index contributed by atoms with van der Waals surface area (Å²) in [6.07, 6.45) is 3.35. The molecule has 0 bridgehead atoms. The molecular weight excluding hydrogens is 326 g/mol. The number of nitrogens with one attached hydrogen (secondary N) is 1. The van der Waals surface area contributed by atoms with Gasteiger partial charge in [-0.3, -0.25) is 9.48 Å². The molecule has 2 heterocycles. The van der Waals surface area contributed by atoms with E-state index in [0.717, 1.165) is 11.3 Å². The second-order valence-corrected chi connectivity index (χ2v) is 5.15. The van der Waals surface area contributed by atoms with E-state index in [4.69, 9.17) is 5.11 Å². The fourth-order valence-corrected chi connectivity index (χ4v) is 2.20. The first kappa shape index (κ1) is 14.7. The molecule has 2 aromatic heterocycles. The van der Waals surface area contributed by atoms with E-state index in [2.05, 4.69) is 31.4 Å². The molecule has 0 fully saturated rings. The van der Waals surface area contributed by atoms with Crippen molar-refractivity contribution >= 4 is 21.6 Å². The molecule has 2 aromatic rings. The van der Waals surface area contributed by atoms with E-state index >= 15 is 0 Å². The van der Waals surface area contributed by atoms with Crippen LogP contribution in [0.1, 0.15) is 11.3 Å². The predicted octanol–water partition coefficient (Wildman–Crippen LogP) is 0.652. The van der Waals surface area contributed by atoms with E-state index in [1.807, 2.05) is 14.0 Å². The maximum absolute atomic E-state index is 11.9. The van der Waals surface area contributed by atoms with Crippen LogP contribution in [0.15, 0.2) is 21.7 Å². The summed E-state index contributed by atoms with van der Waals surface area (Å²) in [6, 6.07) is 0. The molecule has 2 rings (SSSR count). The number of rotatable bonds is 5. The van der Waals surface area contributed by atoms with Gasteiger partial charge in [-0.1, -0.05) is 0 Å². The van der Waals surface area contributed by atoms with Crippen LogP contribution in [0.5, 0.6) is 0 Å². The summed E-state index contributed by atoms with van der Waals surface area (Å²) in [7, 11) is 1.88. The molecule has 2 N–H and O–H groups in total. The Morgan fingerprint density at radius 2 is 2.15 bits per heavy atom. The molecule has 0 aliphatic heterocycles. The van der Waals surface area contributed by atoms with Crippen LogP contribution in [0.25, 0.3) is 0 Å². The lowest BCUT2D eigenvalue weighted by molar-refractivity contribution is 0.266. The Labute approximate surface area is 124 Å². The lowest BCUT2D eigenvalue weighted by Crippen LogP contribution is -2.25. The first-order valence-corrected chi connectivity index (χ1v) is 6.91. The third-order valence-corrected chi connectivity index (χ3v) is 3.87. The Hall–Kier alpha value is -1.67. The monoisotopic (exact) mass is 341 g/mol. The summed E-state index contributed by atoms with van der Waals surface area (Å²) >= 11 is 3.26. The number of hydrogen-bond acceptors (Lipinski definition) is 5. The van der Waals surface area contributed by atoms with E-state index in [9.17, 15) is 4.79 Å². The van der Waals surface area contributed by atoms with E-state index in [1.54, 1.807) is 17.1 Å². The lowest BCUT2D eigenvalue weighted by Gasteiger charge is -2.09. The van der Waals surface area contributed by atoms with Crippen LogP contribution in [0.2, 0.25) is 0 Å². The number of nitrogens with zero attached hydrogens (tertiary/aromatic N) is 4. The highest BCUT2D eigenvalue weighted by Gasteiger charge is 2.09. The van der Waals surface area contributed by atoms with Crippen molar-refractivity contribution in [2.24, 2.45) is 7.05 Å². The number of aromatic nitrogens is 4. The van der Waals surface area contributed by atoms with E-state index in [-0.39, 0.29) is 18.7 Å². The van der Waals surface area contributed by atoms with Crippen molar-refractivity contribution in [2.45, 2.75) is 20.0 Å². The minimum Gasteiger partial charge on any atom is -0.394 e. The normalized spacial score (nSPS) is 10.8. The third-order valence-electron chi connectivity index (χ3n) is 3.10. The maximum Gasteiger partial charge on any atom is 0.283 e. The van der Waals surface area contributed by atoms with Gasteiger partial charge in [-0.15, -0.1) is 0 Å². The van der Waals surface area contributed by atoms with Gasteiger partial charge >= 0.3 is 0 Å². The van der Waals surface area contributed by atoms with Crippen LogP contribution in [0, 0.1) is 6.92 Å². The van der Waals surface area contributed by atoms with Crippen molar-refractivity contribution in [1.82, 2.24) is 19.6 Å². The number of aryl methyl sites for hydroxylation is 1. The lowest BCUT2D eigenvalue weighted by atomic mass is 10.2. The van der Waals surface area contributed by atoms with Gasteiger partial charge in [-0.05, 0) is 22.9 Å². The molecule has 0 aliphatic rings. The van der Waals surface area contributed by atoms with Crippen molar-refractivity contribution < 1.29 is 5.11 Å². The van der Waals surface area contributed by atoms with Crippen molar-refractivity contribution in [3.8, 4) is 0 Å². The zero-order valence-corrected chi connectivity index (χ0v) is 12.9. The molecular formula is C12H16BrN5O2. The highest BCUT2D eigenvalue weighted by atomic mass is 79.9. The first-order chi connectivity index (χ1) is 9.54. The fraction of sp³-hybridized carbons (Fsp3) is 0.417. The fourth-order valence-electron chi connectivity index (χ4n) is 1.75. The number of halogens is 1. The molecule has 108 valence electrons. The van der Waals surface area contributed by atoms with Gasteiger partial charge < -0.3 is 10.4 Å². The Kier molecular flexibility index (Phi) is 4.56. The number of aliphatic hydroxyl groups is 1. The van der Waals surface area contributed by atoms with Crippen molar-refractivity contribution in [3.63, 3.8) is 0 Å². The number of hydrogen-bond donors (Lipinski definition) is 2. The van der Waals surface area contributed by atoms with Gasteiger partial charge in [0.1, 0.15) is 4.47 Å². The average molecular weight is 342 g/mol. The maximum atomic E-state index is 11.9. The summed E-state index contributed by atoms with van der Waals surface area (Å²) in [5.74, 6) is 0. The SMILES string of the molecule is Cc1c(CNc2cnn(CCO)c(=O)c2Br)cnn1C. The van der Waals surface area contributed by atoms with Crippen molar-refractivity contribution in [2.75, 3.05) is 11.9 Å². The van der Waals surface area contributed by atoms with Crippen LogP contribution in [-0.4, -0.2) is 31.3 Å². The first-order valence-electron chi connectivity index (χ1n) is 6.12. The predicted molar refractivity (Wildman–Crippen MR) is 78.6 cm³/mol. The number of anilines is 1. The largest absolute Gasteiger partial charge is 0.394 e. The molecule has 0 atom stereocenters. The second kappa shape index (κ2) is 6.19. The molecule has 0 aromatic carbocycles. The van der Waals surface area contributed by atoms with Gasteiger partial charge in [0, 0.05) is 24.8 Å². The Morgan fingerprint density at radius 1 is 1.40 bits per heavy atom. The summed E-state index contributed by atoms with van der Waals surface area (Å²) in [5.41, 5.74) is 2.47. The van der Waals surface area contributed by atoms with Crippen LogP contribution >= 0.6 is 15.9 Å². The Balaban J connectivity index is 2.16. The summed E-state index contributed by atoms with van der Waals surface area (Å²) < 4.78 is 3.41. The molecule has 0 radical (unpaired) electrons. The molecule has 8 heteroatoms. The van der Waals surface area contributed by atoms with E-state index in [0.29, 0.717) is 16.7 Å². The zero-order chi connectivity index (χ0) is 14.7.